The fourth-order valence-corrected chi connectivity index (χ4v) is 5.48. The molecule has 3 rings (SSSR count). The van der Waals surface area contributed by atoms with Gasteiger partial charge in [0.25, 0.3) is 5.91 Å². The molecule has 0 aliphatic carbocycles. The van der Waals surface area contributed by atoms with Gasteiger partial charge in [-0.15, -0.1) is 35.4 Å². The van der Waals surface area contributed by atoms with E-state index < -0.39 is 8.32 Å². The van der Waals surface area contributed by atoms with Crippen LogP contribution in [0.1, 0.15) is 54.7 Å². The van der Waals surface area contributed by atoms with Gasteiger partial charge >= 0.3 is 0 Å². The van der Waals surface area contributed by atoms with E-state index in [1.165, 1.54) is 11.9 Å². The number of nitrogens with zero attached hydrogens (tertiary/aromatic N) is 3. The smallest absolute Gasteiger partial charge is 0.264 e. The first kappa shape index (κ1) is 33.1. The number of rotatable bonds is 8. The van der Waals surface area contributed by atoms with Crippen LogP contribution in [-0.4, -0.2) is 37.3 Å². The molecule has 0 bridgehead atoms. The minimum atomic E-state index is -2.01. The molecular weight excluding hydrogens is 610 g/mol. The van der Waals surface area contributed by atoms with Crippen molar-refractivity contribution in [2.45, 2.75) is 66.1 Å². The summed E-state index contributed by atoms with van der Waals surface area (Å²) >= 11 is 12.6. The molecule has 0 saturated heterocycles. The number of hydrogen-bond donors (Lipinski definition) is 0. The van der Waals surface area contributed by atoms with E-state index in [4.69, 9.17) is 27.6 Å². The van der Waals surface area contributed by atoms with E-state index in [0.717, 1.165) is 34.4 Å². The first-order chi connectivity index (χ1) is 17.3. The molecule has 0 N–H and O–H groups in total. The number of benzene rings is 2. The Morgan fingerprint density at radius 2 is 1.66 bits per heavy atom. The molecule has 0 atom stereocenters. The normalized spacial score (nSPS) is 11.7. The van der Waals surface area contributed by atoms with Gasteiger partial charge in [-0.3, -0.25) is 4.79 Å². The number of carbonyl (C=O) groups excluding carboxylic acids is 1. The van der Waals surface area contributed by atoms with E-state index in [9.17, 15) is 4.79 Å². The number of aryl methyl sites for hydroxylation is 3. The summed E-state index contributed by atoms with van der Waals surface area (Å²) in [5.74, 6) is -0.361. The van der Waals surface area contributed by atoms with Crippen LogP contribution in [0.2, 0.25) is 28.4 Å². The molecular formula is C29H36Cl2N3O2SiY-. The minimum absolute atomic E-state index is 0. The third-order valence-corrected chi connectivity index (χ3v) is 12.3. The number of halogens is 2. The Hall–Kier alpha value is -1.15. The molecule has 1 aromatic heterocycles. The molecule has 0 spiro atoms. The first-order valence-corrected chi connectivity index (χ1v) is 16.2. The molecule has 9 heteroatoms. The van der Waals surface area contributed by atoms with Crippen molar-refractivity contribution in [3.8, 4) is 11.1 Å². The third-order valence-electron chi connectivity index (χ3n) is 7.18. The van der Waals surface area contributed by atoms with Gasteiger partial charge in [0.15, 0.2) is 8.32 Å². The molecule has 0 fully saturated rings. The Morgan fingerprint density at radius 3 is 2.13 bits per heavy atom. The van der Waals surface area contributed by atoms with Crippen LogP contribution >= 0.6 is 23.2 Å². The number of amides is 1. The molecule has 201 valence electrons. The average Bonchev–Trinajstić information content (AvgIpc) is 2.81. The second-order valence-corrected chi connectivity index (χ2v) is 16.3. The van der Waals surface area contributed by atoms with Gasteiger partial charge in [-0.2, -0.15) is 0 Å². The molecule has 38 heavy (non-hydrogen) atoms. The van der Waals surface area contributed by atoms with E-state index in [1.807, 2.05) is 32.0 Å². The zero-order chi connectivity index (χ0) is 27.5. The SMILES string of the molecule is CCc1c[c-]c(-c2c(C)cc(N(CCO[Si](C)(C)C(C)(C)C)C(=O)c3c(Cl)ncnc3Cl)cc2C)cc1.[Y]. The molecule has 2 aromatic carbocycles. The monoisotopic (exact) mass is 645 g/mol. The number of anilines is 1. The Kier molecular flexibility index (Phi) is 11.7. The van der Waals surface area contributed by atoms with Crippen LogP contribution in [0.25, 0.3) is 11.1 Å². The van der Waals surface area contributed by atoms with E-state index in [-0.39, 0.29) is 59.5 Å². The van der Waals surface area contributed by atoms with E-state index in [1.54, 1.807) is 4.90 Å². The molecule has 0 saturated carbocycles. The van der Waals surface area contributed by atoms with Gasteiger partial charge in [0.1, 0.15) is 22.2 Å². The Labute approximate surface area is 263 Å². The third kappa shape index (κ3) is 7.52. The molecule has 0 unspecified atom stereocenters. The Bertz CT molecular complexity index is 1230. The standard InChI is InChI=1S/C29H36Cl2N3O2Si.Y/c1-9-21-10-12-22(13-11-21)24-19(2)16-23(17-20(24)3)34(14-15-36-37(7,8)29(4,5)6)28(35)25-26(30)32-18-33-27(25)31;/h10-12,16-18H,9,14-15H2,1-8H3;/q-1;. The fraction of sp³-hybridized carbons (Fsp3) is 0.414. The zero-order valence-corrected chi connectivity index (χ0v) is 28.9. The van der Waals surface area contributed by atoms with Crippen molar-refractivity contribution in [2.24, 2.45) is 0 Å². The summed E-state index contributed by atoms with van der Waals surface area (Å²) in [7, 11) is -2.01. The number of aromatic nitrogens is 2. The van der Waals surface area contributed by atoms with Crippen molar-refractivity contribution in [1.82, 2.24) is 9.97 Å². The zero-order valence-electron chi connectivity index (χ0n) is 23.6. The van der Waals surface area contributed by atoms with Gasteiger partial charge in [0.05, 0.1) is 6.61 Å². The second kappa shape index (κ2) is 13.5. The first-order valence-electron chi connectivity index (χ1n) is 12.5. The molecule has 0 aliphatic rings. The average molecular weight is 647 g/mol. The van der Waals surface area contributed by atoms with Crippen LogP contribution in [-0.2, 0) is 43.6 Å². The summed E-state index contributed by atoms with van der Waals surface area (Å²) in [6.45, 7) is 17.9. The summed E-state index contributed by atoms with van der Waals surface area (Å²) in [4.78, 5) is 23.4. The van der Waals surface area contributed by atoms with Crippen molar-refractivity contribution in [1.29, 1.82) is 0 Å². The van der Waals surface area contributed by atoms with Gasteiger partial charge in [0.2, 0.25) is 0 Å². The van der Waals surface area contributed by atoms with Crippen LogP contribution in [0.4, 0.5) is 5.69 Å². The van der Waals surface area contributed by atoms with E-state index in [2.05, 4.69) is 69.0 Å². The van der Waals surface area contributed by atoms with Gasteiger partial charge in [-0.05, 0) is 44.1 Å². The maximum Gasteiger partial charge on any atom is 0.264 e. The number of hydrogen-bond acceptors (Lipinski definition) is 4. The molecule has 1 amide bonds. The predicted molar refractivity (Wildman–Crippen MR) is 156 cm³/mol. The van der Waals surface area contributed by atoms with Crippen molar-refractivity contribution in [3.63, 3.8) is 0 Å². The Morgan fingerprint density at radius 1 is 1.08 bits per heavy atom. The van der Waals surface area contributed by atoms with Crippen LogP contribution in [0.3, 0.4) is 0 Å². The summed E-state index contributed by atoms with van der Waals surface area (Å²) in [6.07, 6.45) is 2.21. The number of carbonyl (C=O) groups is 1. The van der Waals surface area contributed by atoms with Crippen molar-refractivity contribution in [3.05, 3.63) is 75.3 Å². The van der Waals surface area contributed by atoms with Crippen molar-refractivity contribution < 1.29 is 41.9 Å². The van der Waals surface area contributed by atoms with Crippen molar-refractivity contribution in [2.75, 3.05) is 18.1 Å². The Balaban J connectivity index is 0.00000507. The van der Waals surface area contributed by atoms with E-state index >= 15 is 0 Å². The largest absolute Gasteiger partial charge is 0.415 e. The summed E-state index contributed by atoms with van der Waals surface area (Å²) < 4.78 is 6.41. The summed E-state index contributed by atoms with van der Waals surface area (Å²) in [5, 5.41) is 0.104. The van der Waals surface area contributed by atoms with Gasteiger partial charge < -0.3 is 9.33 Å². The van der Waals surface area contributed by atoms with E-state index in [0.29, 0.717) is 13.2 Å². The maximum absolute atomic E-state index is 13.8. The second-order valence-electron chi connectivity index (χ2n) is 10.8. The fourth-order valence-electron chi connectivity index (χ4n) is 3.97. The molecule has 1 radical (unpaired) electrons. The summed E-state index contributed by atoms with van der Waals surface area (Å²) in [6, 6.07) is 13.7. The quantitative estimate of drug-likeness (QED) is 0.141. The molecule has 0 aliphatic heterocycles. The van der Waals surface area contributed by atoms with Crippen LogP contribution in [0.5, 0.6) is 0 Å². The summed E-state index contributed by atoms with van der Waals surface area (Å²) in [5.41, 5.74) is 6.29. The maximum atomic E-state index is 13.8. The molecule has 5 nitrogen and oxygen atoms in total. The van der Waals surface area contributed by atoms with Crippen LogP contribution in [0, 0.1) is 19.9 Å². The van der Waals surface area contributed by atoms with Gasteiger partial charge in [0, 0.05) is 44.9 Å². The van der Waals surface area contributed by atoms with Gasteiger partial charge in [-0.1, -0.05) is 74.0 Å². The predicted octanol–water partition coefficient (Wildman–Crippen LogP) is 8.10. The minimum Gasteiger partial charge on any atom is -0.415 e. The molecule has 1 heterocycles. The molecule has 3 aromatic rings. The van der Waals surface area contributed by atoms with Gasteiger partial charge in [-0.25, -0.2) is 9.97 Å². The topological polar surface area (TPSA) is 55.3 Å². The van der Waals surface area contributed by atoms with Crippen molar-refractivity contribution >= 4 is 43.1 Å². The van der Waals surface area contributed by atoms with Crippen LogP contribution < -0.4 is 4.90 Å². The van der Waals surface area contributed by atoms with Crippen LogP contribution in [0.15, 0.2) is 36.7 Å².